The van der Waals surface area contributed by atoms with E-state index in [9.17, 15) is 19.6 Å². The molecular formula is C26H33N3O6. The fourth-order valence-electron chi connectivity index (χ4n) is 6.21. The summed E-state index contributed by atoms with van der Waals surface area (Å²) < 4.78 is 16.5. The van der Waals surface area contributed by atoms with Gasteiger partial charge in [-0.15, -0.1) is 0 Å². The van der Waals surface area contributed by atoms with Crippen molar-refractivity contribution in [1.29, 1.82) is 5.26 Å². The minimum atomic E-state index is -0.546. The first kappa shape index (κ1) is 24.8. The minimum absolute atomic E-state index is 0.200. The number of fused-ring (bicyclic) bond motifs is 2. The van der Waals surface area contributed by atoms with Crippen molar-refractivity contribution in [2.24, 2.45) is 28.9 Å². The smallest absolute Gasteiger partial charge is 0.311 e. The second-order valence-corrected chi connectivity index (χ2v) is 10.3. The number of benzene rings is 1. The first-order valence-electron chi connectivity index (χ1n) is 12.2. The largest absolute Gasteiger partial charge is 0.496 e. The highest BCUT2D eigenvalue weighted by molar-refractivity contribution is 5.98. The van der Waals surface area contributed by atoms with Gasteiger partial charge in [-0.3, -0.25) is 14.4 Å². The van der Waals surface area contributed by atoms with Crippen LogP contribution >= 0.6 is 0 Å². The predicted octanol–water partition coefficient (Wildman–Crippen LogP) is 2.70. The van der Waals surface area contributed by atoms with E-state index >= 15 is 0 Å². The number of methoxy groups -OCH3 is 2. The van der Waals surface area contributed by atoms with Crippen LogP contribution in [-0.2, 0) is 14.3 Å². The van der Waals surface area contributed by atoms with Crippen LogP contribution < -0.4 is 20.5 Å². The van der Waals surface area contributed by atoms with Crippen LogP contribution in [0.1, 0.15) is 67.8 Å². The predicted molar refractivity (Wildman–Crippen MR) is 125 cm³/mol. The van der Waals surface area contributed by atoms with E-state index in [1.54, 1.807) is 0 Å². The topological polar surface area (TPSA) is 141 Å². The van der Waals surface area contributed by atoms with E-state index in [0.717, 1.165) is 19.3 Å². The Labute approximate surface area is 205 Å². The third-order valence-corrected chi connectivity index (χ3v) is 8.22. The number of hydrogen-bond acceptors (Lipinski definition) is 7. The SMILES string of the molecule is COc1cc(C#N)c(O[C@H]2CC[C@@](C)(C(=O)OC)CC2)cc1C(=O)N[C@@H]1[C@H]2CC[C@H](C2)[C@@H]1C(N)=O. The van der Waals surface area contributed by atoms with Gasteiger partial charge in [-0.1, -0.05) is 0 Å². The molecule has 4 atom stereocenters. The lowest BCUT2D eigenvalue weighted by atomic mass is 9.74. The molecule has 1 aromatic carbocycles. The molecule has 0 spiro atoms. The maximum absolute atomic E-state index is 13.3. The van der Waals surface area contributed by atoms with Crippen LogP contribution in [0, 0.1) is 34.5 Å². The lowest BCUT2D eigenvalue weighted by Gasteiger charge is -2.35. The van der Waals surface area contributed by atoms with Crippen LogP contribution in [0.25, 0.3) is 0 Å². The average molecular weight is 484 g/mol. The number of carbonyl (C=O) groups excluding carboxylic acids is 3. The molecule has 9 nitrogen and oxygen atoms in total. The zero-order chi connectivity index (χ0) is 25.3. The number of esters is 1. The standard InChI is InChI=1S/C26H33N3O6/c1-26(25(32)34-3)8-6-17(7-9-26)35-19-12-18(20(33-2)11-16(19)13-27)24(31)29-22-15-5-4-14(10-15)21(22)23(28)30/h11-12,14-15,17,21-22H,4-10H2,1-3H3,(H2,28,30)(H,29,31)/t14-,15+,17-,21+,22-,26+/m1/s1. The molecule has 0 radical (unpaired) electrons. The summed E-state index contributed by atoms with van der Waals surface area (Å²) in [7, 11) is 2.83. The Hall–Kier alpha value is -3.28. The second kappa shape index (κ2) is 9.76. The van der Waals surface area contributed by atoms with Gasteiger partial charge >= 0.3 is 5.97 Å². The molecule has 3 aliphatic carbocycles. The van der Waals surface area contributed by atoms with Gasteiger partial charge in [-0.05, 0) is 69.8 Å². The molecule has 1 aromatic rings. The maximum Gasteiger partial charge on any atom is 0.311 e. The number of nitrogens with two attached hydrogens (primary N) is 1. The Morgan fingerprint density at radius 3 is 2.37 bits per heavy atom. The van der Waals surface area contributed by atoms with Gasteiger partial charge in [0, 0.05) is 12.1 Å². The normalized spacial score (nSPS) is 31.3. The Morgan fingerprint density at radius 2 is 1.77 bits per heavy atom. The molecular weight excluding hydrogens is 450 g/mol. The first-order valence-corrected chi connectivity index (χ1v) is 12.2. The van der Waals surface area contributed by atoms with Crippen LogP contribution in [-0.4, -0.2) is 44.1 Å². The molecule has 9 heteroatoms. The number of hydrogen-bond donors (Lipinski definition) is 2. The van der Waals surface area contributed by atoms with Crippen LogP contribution in [0.2, 0.25) is 0 Å². The molecule has 3 N–H and O–H groups in total. The second-order valence-electron chi connectivity index (χ2n) is 10.3. The summed E-state index contributed by atoms with van der Waals surface area (Å²) in [5.41, 5.74) is 5.61. The van der Waals surface area contributed by atoms with Crippen LogP contribution in [0.3, 0.4) is 0 Å². The van der Waals surface area contributed by atoms with Crippen LogP contribution in [0.5, 0.6) is 11.5 Å². The molecule has 35 heavy (non-hydrogen) atoms. The molecule has 2 amide bonds. The summed E-state index contributed by atoms with van der Waals surface area (Å²) in [4.78, 5) is 37.5. The highest BCUT2D eigenvalue weighted by Crippen LogP contribution is 2.48. The number of carbonyl (C=O) groups is 3. The summed E-state index contributed by atoms with van der Waals surface area (Å²) in [5.74, 6) is -0.372. The minimum Gasteiger partial charge on any atom is -0.496 e. The van der Waals surface area contributed by atoms with E-state index in [1.807, 2.05) is 6.92 Å². The Balaban J connectivity index is 1.53. The molecule has 3 aliphatic rings. The lowest BCUT2D eigenvalue weighted by Crippen LogP contribution is -2.48. The first-order chi connectivity index (χ1) is 16.7. The van der Waals surface area contributed by atoms with E-state index in [-0.39, 0.29) is 64.6 Å². The van der Waals surface area contributed by atoms with Crippen molar-refractivity contribution < 1.29 is 28.6 Å². The van der Waals surface area contributed by atoms with Crippen molar-refractivity contribution >= 4 is 17.8 Å². The molecule has 188 valence electrons. The molecule has 0 saturated heterocycles. The molecule has 0 unspecified atom stereocenters. The zero-order valence-corrected chi connectivity index (χ0v) is 20.5. The molecule has 3 fully saturated rings. The fourth-order valence-corrected chi connectivity index (χ4v) is 6.21. The summed E-state index contributed by atoms with van der Waals surface area (Å²) in [6, 6.07) is 4.84. The Morgan fingerprint density at radius 1 is 1.09 bits per heavy atom. The highest BCUT2D eigenvalue weighted by atomic mass is 16.5. The van der Waals surface area contributed by atoms with E-state index in [0.29, 0.717) is 31.4 Å². The van der Waals surface area contributed by atoms with E-state index < -0.39 is 5.41 Å². The fraction of sp³-hybridized carbons (Fsp3) is 0.615. The van der Waals surface area contributed by atoms with Crippen molar-refractivity contribution in [3.63, 3.8) is 0 Å². The van der Waals surface area contributed by atoms with Crippen molar-refractivity contribution in [2.45, 2.75) is 64.0 Å². The number of primary amides is 1. The van der Waals surface area contributed by atoms with Gasteiger partial charge in [0.25, 0.3) is 5.91 Å². The summed E-state index contributed by atoms with van der Waals surface area (Å²) in [5, 5.41) is 12.7. The van der Waals surface area contributed by atoms with Crippen molar-refractivity contribution in [1.82, 2.24) is 5.32 Å². The van der Waals surface area contributed by atoms with Gasteiger partial charge in [-0.2, -0.15) is 5.26 Å². The van der Waals surface area contributed by atoms with E-state index in [4.69, 9.17) is 19.9 Å². The molecule has 2 bridgehead atoms. The number of nitrogens with one attached hydrogen (secondary N) is 1. The van der Waals surface area contributed by atoms with Crippen molar-refractivity contribution in [3.05, 3.63) is 23.3 Å². The molecule has 0 aromatic heterocycles. The monoisotopic (exact) mass is 483 g/mol. The average Bonchev–Trinajstić information content (AvgIpc) is 3.46. The molecule has 4 rings (SSSR count). The van der Waals surface area contributed by atoms with Crippen LogP contribution in [0.15, 0.2) is 12.1 Å². The van der Waals surface area contributed by atoms with Crippen LogP contribution in [0.4, 0.5) is 0 Å². The third-order valence-electron chi connectivity index (χ3n) is 8.22. The van der Waals surface area contributed by atoms with Gasteiger partial charge in [0.1, 0.15) is 17.6 Å². The summed E-state index contributed by atoms with van der Waals surface area (Å²) in [6.45, 7) is 1.89. The van der Waals surface area contributed by atoms with Gasteiger partial charge < -0.3 is 25.3 Å². The maximum atomic E-state index is 13.3. The molecule has 3 saturated carbocycles. The zero-order valence-electron chi connectivity index (χ0n) is 20.5. The van der Waals surface area contributed by atoms with Gasteiger partial charge in [0.05, 0.1) is 42.8 Å². The number of rotatable bonds is 7. The van der Waals surface area contributed by atoms with E-state index in [1.165, 1.54) is 26.4 Å². The quantitative estimate of drug-likeness (QED) is 0.568. The van der Waals surface area contributed by atoms with Crippen molar-refractivity contribution in [3.8, 4) is 17.6 Å². The van der Waals surface area contributed by atoms with Gasteiger partial charge in [0.15, 0.2) is 0 Å². The number of amides is 2. The van der Waals surface area contributed by atoms with E-state index in [2.05, 4.69) is 11.4 Å². The molecule has 0 heterocycles. The third kappa shape index (κ3) is 4.66. The van der Waals surface area contributed by atoms with Gasteiger partial charge in [-0.25, -0.2) is 0 Å². The molecule has 0 aliphatic heterocycles. The highest BCUT2D eigenvalue weighted by Gasteiger charge is 2.51. The lowest BCUT2D eigenvalue weighted by molar-refractivity contribution is -0.154. The van der Waals surface area contributed by atoms with Gasteiger partial charge in [0.2, 0.25) is 5.91 Å². The Bertz CT molecular complexity index is 1060. The number of ether oxygens (including phenoxy) is 3. The number of nitrogens with zero attached hydrogens (tertiary/aromatic N) is 1. The Kier molecular flexibility index (Phi) is 6.93. The summed E-state index contributed by atoms with van der Waals surface area (Å²) >= 11 is 0. The van der Waals surface area contributed by atoms with Crippen molar-refractivity contribution in [2.75, 3.05) is 14.2 Å². The number of nitriles is 1. The summed E-state index contributed by atoms with van der Waals surface area (Å²) in [6.07, 6.45) is 5.06.